The normalized spacial score (nSPS) is 23.4. The molecule has 94 valence electrons. The van der Waals surface area contributed by atoms with E-state index in [1.165, 1.54) is 0 Å². The number of rotatable bonds is 2. The predicted octanol–water partition coefficient (Wildman–Crippen LogP) is 4.14. The van der Waals surface area contributed by atoms with Crippen molar-refractivity contribution in [3.63, 3.8) is 0 Å². The van der Waals surface area contributed by atoms with Crippen LogP contribution in [0, 0.1) is 6.92 Å². The summed E-state index contributed by atoms with van der Waals surface area (Å²) >= 11 is 3.36. The van der Waals surface area contributed by atoms with Gasteiger partial charge in [0.15, 0.2) is 0 Å². The highest BCUT2D eigenvalue weighted by Crippen LogP contribution is 2.34. The van der Waals surface area contributed by atoms with E-state index < -0.39 is 5.92 Å². The summed E-state index contributed by atoms with van der Waals surface area (Å²) in [7, 11) is 0. The van der Waals surface area contributed by atoms with E-state index in [-0.39, 0.29) is 18.9 Å². The molecule has 1 fully saturated rings. The predicted molar refractivity (Wildman–Crippen MR) is 67.5 cm³/mol. The summed E-state index contributed by atoms with van der Waals surface area (Å²) < 4.78 is 27.4. The van der Waals surface area contributed by atoms with Crippen LogP contribution in [0.5, 0.6) is 0 Å². The number of pyridine rings is 1. The monoisotopic (exact) mass is 304 g/mol. The lowest BCUT2D eigenvalue weighted by Gasteiger charge is -2.29. The number of hydrogen-bond acceptors (Lipinski definition) is 2. The Morgan fingerprint density at radius 1 is 1.53 bits per heavy atom. The lowest BCUT2D eigenvalue weighted by atomic mass is 9.92. The summed E-state index contributed by atoms with van der Waals surface area (Å²) in [5.74, 6) is -1.85. The van der Waals surface area contributed by atoms with Crippen LogP contribution in [-0.2, 0) is 0 Å². The van der Waals surface area contributed by atoms with E-state index in [1.807, 2.05) is 13.0 Å². The fourth-order valence-corrected chi connectivity index (χ4v) is 2.34. The number of alkyl halides is 2. The summed E-state index contributed by atoms with van der Waals surface area (Å²) in [5.41, 5.74) is 1.05. The van der Waals surface area contributed by atoms with Gasteiger partial charge in [-0.3, -0.25) is 0 Å². The van der Waals surface area contributed by atoms with Crippen molar-refractivity contribution in [2.24, 2.45) is 0 Å². The maximum atomic E-state index is 13.2. The molecule has 0 radical (unpaired) electrons. The Balaban J connectivity index is 2.03. The van der Waals surface area contributed by atoms with E-state index in [9.17, 15) is 8.78 Å². The summed E-state index contributed by atoms with van der Waals surface area (Å²) in [6.45, 7) is 1.95. The first-order chi connectivity index (χ1) is 7.96. The third-order valence-corrected chi connectivity index (χ3v) is 3.87. The molecule has 2 nitrogen and oxygen atoms in total. The Morgan fingerprint density at radius 3 is 2.94 bits per heavy atom. The van der Waals surface area contributed by atoms with Crippen LogP contribution >= 0.6 is 15.9 Å². The molecule has 1 aliphatic carbocycles. The Kier molecular flexibility index (Phi) is 3.66. The van der Waals surface area contributed by atoms with Crippen LogP contribution in [0.3, 0.4) is 0 Å². The van der Waals surface area contributed by atoms with Crippen molar-refractivity contribution in [2.75, 3.05) is 5.32 Å². The second-order valence-electron chi connectivity index (χ2n) is 4.61. The van der Waals surface area contributed by atoms with Gasteiger partial charge in [-0.1, -0.05) is 0 Å². The molecule has 1 unspecified atom stereocenters. The van der Waals surface area contributed by atoms with E-state index in [0.29, 0.717) is 12.2 Å². The molecule has 0 spiro atoms. The van der Waals surface area contributed by atoms with Crippen molar-refractivity contribution in [3.8, 4) is 0 Å². The molecule has 1 aromatic rings. The van der Waals surface area contributed by atoms with Crippen molar-refractivity contribution in [1.29, 1.82) is 0 Å². The topological polar surface area (TPSA) is 24.9 Å². The zero-order valence-electron chi connectivity index (χ0n) is 9.64. The Labute approximate surface area is 108 Å². The van der Waals surface area contributed by atoms with E-state index in [0.717, 1.165) is 16.5 Å². The van der Waals surface area contributed by atoms with Crippen molar-refractivity contribution >= 4 is 21.7 Å². The molecule has 1 aliphatic rings. The minimum absolute atomic E-state index is 0.0119. The first-order valence-electron chi connectivity index (χ1n) is 5.73. The third kappa shape index (κ3) is 3.37. The molecule has 1 aromatic heterocycles. The van der Waals surface area contributed by atoms with Gasteiger partial charge in [0.2, 0.25) is 5.92 Å². The SMILES string of the molecule is Cc1cc(NC2CCCC(F)(F)C2)ncc1Br. The zero-order valence-corrected chi connectivity index (χ0v) is 11.2. The van der Waals surface area contributed by atoms with Gasteiger partial charge in [-0.15, -0.1) is 0 Å². The Bertz CT molecular complexity index is 409. The van der Waals surface area contributed by atoms with Gasteiger partial charge in [0.05, 0.1) is 0 Å². The molecule has 1 N–H and O–H groups in total. The highest BCUT2D eigenvalue weighted by molar-refractivity contribution is 9.10. The van der Waals surface area contributed by atoms with Crippen LogP contribution in [-0.4, -0.2) is 16.9 Å². The molecule has 0 aromatic carbocycles. The quantitative estimate of drug-likeness (QED) is 0.888. The zero-order chi connectivity index (χ0) is 12.5. The summed E-state index contributed by atoms with van der Waals surface area (Å²) in [5, 5.41) is 3.09. The molecule has 1 saturated carbocycles. The maximum absolute atomic E-state index is 13.2. The number of anilines is 1. The number of nitrogens with zero attached hydrogens (tertiary/aromatic N) is 1. The molecule has 5 heteroatoms. The fourth-order valence-electron chi connectivity index (χ4n) is 2.12. The Morgan fingerprint density at radius 2 is 2.29 bits per heavy atom. The summed E-state index contributed by atoms with van der Waals surface area (Å²) in [6, 6.07) is 1.70. The number of nitrogens with one attached hydrogen (secondary N) is 1. The molecule has 0 saturated heterocycles. The van der Waals surface area contributed by atoms with Gasteiger partial charge in [0, 0.05) is 29.6 Å². The minimum atomic E-state index is -2.53. The van der Waals surface area contributed by atoms with Gasteiger partial charge in [0.1, 0.15) is 5.82 Å². The third-order valence-electron chi connectivity index (χ3n) is 3.04. The van der Waals surface area contributed by atoms with E-state index >= 15 is 0 Å². The summed E-state index contributed by atoms with van der Waals surface area (Å²) in [6.07, 6.45) is 2.97. The van der Waals surface area contributed by atoms with Crippen LogP contribution < -0.4 is 5.32 Å². The maximum Gasteiger partial charge on any atom is 0.250 e. The van der Waals surface area contributed by atoms with Gasteiger partial charge < -0.3 is 5.32 Å². The number of hydrogen-bond donors (Lipinski definition) is 1. The highest BCUT2D eigenvalue weighted by atomic mass is 79.9. The lowest BCUT2D eigenvalue weighted by Crippen LogP contribution is -2.34. The van der Waals surface area contributed by atoms with Crippen molar-refractivity contribution in [2.45, 2.75) is 44.6 Å². The molecule has 17 heavy (non-hydrogen) atoms. The average molecular weight is 305 g/mol. The summed E-state index contributed by atoms with van der Waals surface area (Å²) in [4.78, 5) is 4.18. The van der Waals surface area contributed by atoms with Crippen LogP contribution in [0.25, 0.3) is 0 Å². The average Bonchev–Trinajstić information content (AvgIpc) is 2.22. The Hall–Kier alpha value is -0.710. The van der Waals surface area contributed by atoms with Crippen molar-refractivity contribution in [3.05, 3.63) is 22.3 Å². The lowest BCUT2D eigenvalue weighted by molar-refractivity contribution is -0.0373. The van der Waals surface area contributed by atoms with Crippen LogP contribution in [0.1, 0.15) is 31.2 Å². The van der Waals surface area contributed by atoms with Gasteiger partial charge in [-0.25, -0.2) is 13.8 Å². The second kappa shape index (κ2) is 4.88. The minimum Gasteiger partial charge on any atom is -0.367 e. The van der Waals surface area contributed by atoms with Crippen LogP contribution in [0.2, 0.25) is 0 Å². The standard InChI is InChI=1S/C12H15BrF2N2/c1-8-5-11(16-7-10(8)13)17-9-3-2-4-12(14,15)6-9/h5,7,9H,2-4,6H2,1H3,(H,16,17). The van der Waals surface area contributed by atoms with Crippen molar-refractivity contribution < 1.29 is 8.78 Å². The molecule has 2 rings (SSSR count). The number of halogens is 3. The van der Waals surface area contributed by atoms with Gasteiger partial charge in [-0.05, 0) is 47.3 Å². The molecule has 0 amide bonds. The second-order valence-corrected chi connectivity index (χ2v) is 5.47. The largest absolute Gasteiger partial charge is 0.367 e. The van der Waals surface area contributed by atoms with Gasteiger partial charge in [0.25, 0.3) is 0 Å². The number of aromatic nitrogens is 1. The van der Waals surface area contributed by atoms with Crippen LogP contribution in [0.4, 0.5) is 14.6 Å². The van der Waals surface area contributed by atoms with E-state index in [4.69, 9.17) is 0 Å². The fraction of sp³-hybridized carbons (Fsp3) is 0.583. The molecule has 0 aliphatic heterocycles. The first kappa shape index (κ1) is 12.7. The van der Waals surface area contributed by atoms with E-state index in [2.05, 4.69) is 26.2 Å². The van der Waals surface area contributed by atoms with E-state index in [1.54, 1.807) is 6.20 Å². The molecular formula is C12H15BrF2N2. The van der Waals surface area contributed by atoms with Crippen LogP contribution in [0.15, 0.2) is 16.7 Å². The molecular weight excluding hydrogens is 290 g/mol. The number of aryl methyl sites for hydroxylation is 1. The molecule has 1 heterocycles. The molecule has 1 atom stereocenters. The van der Waals surface area contributed by atoms with Gasteiger partial charge in [-0.2, -0.15) is 0 Å². The van der Waals surface area contributed by atoms with Crippen molar-refractivity contribution in [1.82, 2.24) is 4.98 Å². The highest BCUT2D eigenvalue weighted by Gasteiger charge is 2.36. The smallest absolute Gasteiger partial charge is 0.250 e. The first-order valence-corrected chi connectivity index (χ1v) is 6.52. The molecule has 0 bridgehead atoms. The van der Waals surface area contributed by atoms with Gasteiger partial charge >= 0.3 is 0 Å².